The van der Waals surface area contributed by atoms with E-state index in [2.05, 4.69) is 10.1 Å². The maximum Gasteiger partial charge on any atom is 0.283 e. The van der Waals surface area contributed by atoms with E-state index in [-0.39, 0.29) is 34.2 Å². The molecule has 6 rings (SSSR count). The smallest absolute Gasteiger partial charge is 0.283 e. The van der Waals surface area contributed by atoms with Gasteiger partial charge in [-0.2, -0.15) is 17.6 Å². The van der Waals surface area contributed by atoms with E-state index in [1.807, 2.05) is 6.92 Å². The first-order chi connectivity index (χ1) is 21.4. The van der Waals surface area contributed by atoms with Crippen molar-refractivity contribution >= 4 is 39.1 Å². The number of halogens is 2. The number of pyridine rings is 1. The normalized spacial score (nSPS) is 17.7. The topological polar surface area (TPSA) is 115 Å². The number of methoxy groups -OCH3 is 1. The molecule has 1 amide bonds. The number of aromatic nitrogens is 3. The monoisotopic (exact) mass is 662 g/mol. The van der Waals surface area contributed by atoms with Crippen molar-refractivity contribution in [2.75, 3.05) is 7.11 Å². The molecule has 0 bridgehead atoms. The molecule has 2 atom stereocenters. The van der Waals surface area contributed by atoms with E-state index in [4.69, 9.17) is 27.9 Å². The van der Waals surface area contributed by atoms with E-state index >= 15 is 0 Å². The molecule has 3 heterocycles. The van der Waals surface area contributed by atoms with Gasteiger partial charge < -0.3 is 9.84 Å². The molecule has 5 aromatic rings. The number of aliphatic hydroxyl groups is 1. The summed E-state index contributed by atoms with van der Waals surface area (Å²) in [4.78, 5) is 20.2. The first-order valence-corrected chi connectivity index (χ1v) is 16.1. The molecule has 1 aliphatic rings. The number of hydrogen-bond donors (Lipinski definition) is 1. The number of hydrogen-bond acceptors (Lipinski definition) is 7. The van der Waals surface area contributed by atoms with Crippen LogP contribution in [0.3, 0.4) is 0 Å². The molecule has 9 nitrogen and oxygen atoms in total. The maximum atomic E-state index is 14.3. The Morgan fingerprint density at radius 1 is 0.956 bits per heavy atom. The number of benzene rings is 3. The molecule has 0 spiro atoms. The highest BCUT2D eigenvalue weighted by Gasteiger charge is 2.52. The van der Waals surface area contributed by atoms with Crippen LogP contribution in [-0.2, 0) is 32.6 Å². The zero-order valence-electron chi connectivity index (χ0n) is 24.5. The Hall–Kier alpha value is -4.06. The third-order valence-electron chi connectivity index (χ3n) is 8.10. The molecule has 0 saturated carbocycles. The first-order valence-electron chi connectivity index (χ1n) is 13.9. The molecular formula is C33H28Cl2N4O5S. The fraction of sp³-hybridized carbons (Fsp3) is 0.182. The Bertz CT molecular complexity index is 2010. The van der Waals surface area contributed by atoms with Crippen LogP contribution in [0.15, 0.2) is 102 Å². The van der Waals surface area contributed by atoms with Gasteiger partial charge >= 0.3 is 0 Å². The number of carbonyl (C=O) groups is 1. The van der Waals surface area contributed by atoms with Gasteiger partial charge in [0, 0.05) is 35.0 Å². The molecule has 230 valence electrons. The zero-order chi connectivity index (χ0) is 32.1. The molecule has 0 aliphatic carbocycles. The van der Waals surface area contributed by atoms with Crippen LogP contribution in [0.1, 0.15) is 50.9 Å². The second kappa shape index (κ2) is 11.4. The van der Waals surface area contributed by atoms with Gasteiger partial charge in [-0.15, -0.1) is 0 Å². The quantitative estimate of drug-likeness (QED) is 0.220. The van der Waals surface area contributed by atoms with E-state index in [1.54, 1.807) is 71.6 Å². The Kier molecular flexibility index (Phi) is 7.83. The van der Waals surface area contributed by atoms with Crippen molar-refractivity contribution < 1.29 is 23.1 Å². The molecule has 1 unspecified atom stereocenters. The lowest BCUT2D eigenvalue weighted by atomic mass is 9.87. The number of ether oxygens (including phenoxy) is 1. The third-order valence-corrected chi connectivity index (χ3v) is 10.2. The van der Waals surface area contributed by atoms with E-state index in [0.29, 0.717) is 26.9 Å². The van der Waals surface area contributed by atoms with Crippen LogP contribution in [-0.4, -0.2) is 45.6 Å². The summed E-state index contributed by atoms with van der Waals surface area (Å²) in [5, 5.41) is 17.0. The van der Waals surface area contributed by atoms with E-state index in [9.17, 15) is 18.3 Å². The van der Waals surface area contributed by atoms with Crippen molar-refractivity contribution in [2.24, 2.45) is 0 Å². The number of nitrogens with zero attached hydrogens (tertiary/aromatic N) is 4. The molecule has 1 aliphatic heterocycles. The van der Waals surface area contributed by atoms with Crippen molar-refractivity contribution in [3.05, 3.63) is 147 Å². The van der Waals surface area contributed by atoms with Gasteiger partial charge in [0.05, 0.1) is 34.0 Å². The summed E-state index contributed by atoms with van der Waals surface area (Å²) in [7, 11) is -2.63. The first kappa shape index (κ1) is 30.9. The Balaban J connectivity index is 1.47. The van der Waals surface area contributed by atoms with Gasteiger partial charge in [0.25, 0.3) is 15.9 Å². The van der Waals surface area contributed by atoms with Crippen molar-refractivity contribution in [3.8, 4) is 0 Å². The molecule has 2 aromatic heterocycles. The van der Waals surface area contributed by atoms with Crippen molar-refractivity contribution in [3.63, 3.8) is 0 Å². The number of amides is 1. The fourth-order valence-electron chi connectivity index (χ4n) is 5.71. The summed E-state index contributed by atoms with van der Waals surface area (Å²) in [6.45, 7) is 3.40. The third kappa shape index (κ3) is 5.12. The Labute approximate surface area is 270 Å². The highest BCUT2D eigenvalue weighted by atomic mass is 35.5. The van der Waals surface area contributed by atoms with Gasteiger partial charge in [-0.1, -0.05) is 65.2 Å². The summed E-state index contributed by atoms with van der Waals surface area (Å²) in [5.41, 5.74) is -0.0157. The second-order valence-electron chi connectivity index (χ2n) is 10.9. The fourth-order valence-corrected chi connectivity index (χ4v) is 7.31. The average molecular weight is 664 g/mol. The van der Waals surface area contributed by atoms with Gasteiger partial charge in [0.15, 0.2) is 5.72 Å². The number of rotatable bonds is 8. The lowest BCUT2D eigenvalue weighted by molar-refractivity contribution is -0.0868. The minimum Gasteiger partial charge on any atom is -0.379 e. The predicted molar refractivity (Wildman–Crippen MR) is 169 cm³/mol. The Morgan fingerprint density at radius 3 is 2.29 bits per heavy atom. The SMILES string of the molecule is CO[C@]1(c2ccc(Cl)cc2)c2ccc(C(C)(O)c3ccnn3S(=O)(=O)c3ccc(C)cc3)cc2C(=O)N1Cc1ccc(Cl)cn1. The van der Waals surface area contributed by atoms with Gasteiger partial charge in [-0.05, 0) is 67.9 Å². The summed E-state index contributed by atoms with van der Waals surface area (Å²) < 4.78 is 34.2. The van der Waals surface area contributed by atoms with Crippen LogP contribution in [0.4, 0.5) is 0 Å². The summed E-state index contributed by atoms with van der Waals surface area (Å²) >= 11 is 12.3. The van der Waals surface area contributed by atoms with E-state index in [1.165, 1.54) is 44.6 Å². The molecule has 0 radical (unpaired) electrons. The van der Waals surface area contributed by atoms with Crippen LogP contribution in [0, 0.1) is 6.92 Å². The number of aryl methyl sites for hydroxylation is 1. The minimum atomic E-state index is -4.14. The predicted octanol–water partition coefficient (Wildman–Crippen LogP) is 5.89. The van der Waals surface area contributed by atoms with Crippen LogP contribution in [0.5, 0.6) is 0 Å². The van der Waals surface area contributed by atoms with Crippen LogP contribution in [0.25, 0.3) is 0 Å². The molecule has 0 fully saturated rings. The Morgan fingerprint density at radius 2 is 1.64 bits per heavy atom. The summed E-state index contributed by atoms with van der Waals surface area (Å²) in [6.07, 6.45) is 2.82. The van der Waals surface area contributed by atoms with Gasteiger partial charge in [0.1, 0.15) is 5.60 Å². The van der Waals surface area contributed by atoms with Crippen LogP contribution in [0.2, 0.25) is 10.0 Å². The summed E-state index contributed by atoms with van der Waals surface area (Å²) in [5.74, 6) is -0.378. The molecule has 0 saturated heterocycles. The molecule has 45 heavy (non-hydrogen) atoms. The van der Waals surface area contributed by atoms with Gasteiger partial charge in [-0.25, -0.2) is 0 Å². The lowest BCUT2D eigenvalue weighted by Gasteiger charge is -2.38. The molecule has 1 N–H and O–H groups in total. The largest absolute Gasteiger partial charge is 0.379 e. The maximum absolute atomic E-state index is 14.3. The summed E-state index contributed by atoms with van der Waals surface area (Å²) in [6, 6.07) is 23.1. The molecule has 3 aromatic carbocycles. The molecule has 12 heteroatoms. The minimum absolute atomic E-state index is 0.00592. The van der Waals surface area contributed by atoms with E-state index < -0.39 is 21.3 Å². The average Bonchev–Trinajstić information content (AvgIpc) is 3.62. The van der Waals surface area contributed by atoms with Crippen molar-refractivity contribution in [2.45, 2.75) is 36.6 Å². The zero-order valence-corrected chi connectivity index (χ0v) is 26.8. The molecular weight excluding hydrogens is 635 g/mol. The number of fused-ring (bicyclic) bond motifs is 1. The lowest BCUT2D eigenvalue weighted by Crippen LogP contribution is -2.45. The van der Waals surface area contributed by atoms with E-state index in [0.717, 1.165) is 9.65 Å². The van der Waals surface area contributed by atoms with Gasteiger partial charge in [0.2, 0.25) is 0 Å². The highest BCUT2D eigenvalue weighted by molar-refractivity contribution is 7.89. The van der Waals surface area contributed by atoms with Crippen molar-refractivity contribution in [1.29, 1.82) is 0 Å². The number of carbonyl (C=O) groups excluding carboxylic acids is 1. The van der Waals surface area contributed by atoms with Crippen molar-refractivity contribution in [1.82, 2.24) is 19.1 Å². The highest BCUT2D eigenvalue weighted by Crippen LogP contribution is 2.47. The second-order valence-corrected chi connectivity index (χ2v) is 13.6. The van der Waals surface area contributed by atoms with Crippen LogP contribution >= 0.6 is 23.2 Å². The standard InChI is InChI=1S/C33H28Cl2N4O5S/c1-21-4-13-27(14-5-21)45(42,43)39-30(16-17-37-39)32(2,41)23-8-15-29-28(18-23)31(40)38(20-26-12-11-25(35)19-36-26)33(29,44-3)22-6-9-24(34)10-7-22/h4-19,41H,20H2,1-3H3/t32?,33-/m1/s1. The van der Waals surface area contributed by atoms with Gasteiger partial charge in [-0.3, -0.25) is 14.7 Å². The van der Waals surface area contributed by atoms with Crippen LogP contribution < -0.4 is 0 Å².